The number of amides is 1. The first-order chi connectivity index (χ1) is 11.5. The van der Waals surface area contributed by atoms with Crippen LogP contribution >= 0.6 is 11.6 Å². The Morgan fingerprint density at radius 1 is 1.08 bits per heavy atom. The quantitative estimate of drug-likeness (QED) is 0.348. The number of nitrogens with one attached hydrogen (secondary N) is 2. The summed E-state index contributed by atoms with van der Waals surface area (Å²) >= 11 is 5.79. The van der Waals surface area contributed by atoms with E-state index in [0.717, 1.165) is 11.3 Å². The molecule has 0 atom stereocenters. The van der Waals surface area contributed by atoms with Crippen molar-refractivity contribution in [1.29, 1.82) is 0 Å². The molecule has 2 N–H and O–H groups in total. The third kappa shape index (κ3) is 5.73. The molecule has 124 valence electrons. The number of nitrogens with zero attached hydrogens (tertiary/aromatic N) is 1. The van der Waals surface area contributed by atoms with Crippen LogP contribution in [0.2, 0.25) is 5.02 Å². The highest BCUT2D eigenvalue weighted by molar-refractivity contribution is 6.30. The number of hydrogen-bond donors (Lipinski definition) is 2. The summed E-state index contributed by atoms with van der Waals surface area (Å²) in [4.78, 5) is 21.8. The number of rotatable bonds is 7. The van der Waals surface area contributed by atoms with Crippen molar-refractivity contribution in [2.24, 2.45) is 0 Å². The third-order valence-corrected chi connectivity index (χ3v) is 3.38. The van der Waals surface area contributed by atoms with Gasteiger partial charge in [0.25, 0.3) is 5.69 Å². The van der Waals surface area contributed by atoms with Crippen molar-refractivity contribution in [2.45, 2.75) is 0 Å². The summed E-state index contributed by atoms with van der Waals surface area (Å²) in [5, 5.41) is 17.0. The van der Waals surface area contributed by atoms with Crippen LogP contribution in [0.25, 0.3) is 6.08 Å². The molecule has 2 rings (SSSR count). The third-order valence-electron chi connectivity index (χ3n) is 3.13. The van der Waals surface area contributed by atoms with Crippen molar-refractivity contribution in [3.63, 3.8) is 0 Å². The lowest BCUT2D eigenvalue weighted by molar-refractivity contribution is -0.384. The van der Waals surface area contributed by atoms with E-state index in [-0.39, 0.29) is 11.6 Å². The second-order valence-corrected chi connectivity index (χ2v) is 5.34. The molecule has 0 aliphatic rings. The van der Waals surface area contributed by atoms with Crippen molar-refractivity contribution in [2.75, 3.05) is 18.4 Å². The fraction of sp³-hybridized carbons (Fsp3) is 0.118. The van der Waals surface area contributed by atoms with Crippen LogP contribution in [0.15, 0.2) is 54.6 Å². The molecule has 0 bridgehead atoms. The molecular weight excluding hydrogens is 330 g/mol. The monoisotopic (exact) mass is 345 g/mol. The number of nitro groups is 1. The van der Waals surface area contributed by atoms with Crippen molar-refractivity contribution in [3.8, 4) is 0 Å². The Kier molecular flexibility index (Phi) is 6.33. The van der Waals surface area contributed by atoms with Crippen LogP contribution in [0.5, 0.6) is 0 Å². The lowest BCUT2D eigenvalue weighted by Gasteiger charge is -2.06. The molecule has 0 fully saturated rings. The smallest absolute Gasteiger partial charge is 0.269 e. The van der Waals surface area contributed by atoms with Gasteiger partial charge in [0.2, 0.25) is 5.91 Å². The van der Waals surface area contributed by atoms with E-state index in [0.29, 0.717) is 18.1 Å². The van der Waals surface area contributed by atoms with Crippen LogP contribution in [0, 0.1) is 10.1 Å². The molecule has 0 unspecified atom stereocenters. The van der Waals surface area contributed by atoms with Crippen molar-refractivity contribution < 1.29 is 9.72 Å². The zero-order valence-electron chi connectivity index (χ0n) is 12.7. The molecule has 2 aromatic rings. The van der Waals surface area contributed by atoms with Gasteiger partial charge in [-0.25, -0.2) is 0 Å². The first kappa shape index (κ1) is 17.5. The minimum atomic E-state index is -0.447. The van der Waals surface area contributed by atoms with Gasteiger partial charge in [-0.1, -0.05) is 23.7 Å². The number of benzene rings is 2. The highest BCUT2D eigenvalue weighted by Gasteiger charge is 2.03. The molecule has 0 saturated heterocycles. The predicted molar refractivity (Wildman–Crippen MR) is 95.1 cm³/mol. The highest BCUT2D eigenvalue weighted by atomic mass is 35.5. The van der Waals surface area contributed by atoms with Gasteiger partial charge in [0.05, 0.1) is 4.92 Å². The molecular formula is C17H16ClN3O3. The first-order valence-electron chi connectivity index (χ1n) is 7.24. The molecule has 0 aliphatic carbocycles. The normalized spacial score (nSPS) is 10.5. The Hall–Kier alpha value is -2.86. The largest absolute Gasteiger partial charge is 0.383 e. The molecule has 0 aliphatic heterocycles. The maximum atomic E-state index is 11.7. The molecule has 7 heteroatoms. The molecule has 24 heavy (non-hydrogen) atoms. The van der Waals surface area contributed by atoms with Crippen LogP contribution in [-0.4, -0.2) is 23.9 Å². The van der Waals surface area contributed by atoms with E-state index in [1.807, 2.05) is 12.1 Å². The SMILES string of the molecule is O=C(/C=C/c1ccc(Cl)cc1)NCCNc1ccc([N+](=O)[O-])cc1. The zero-order chi connectivity index (χ0) is 17.4. The zero-order valence-corrected chi connectivity index (χ0v) is 13.5. The Morgan fingerprint density at radius 2 is 1.75 bits per heavy atom. The summed E-state index contributed by atoms with van der Waals surface area (Å²) in [6, 6.07) is 13.3. The van der Waals surface area contributed by atoms with Gasteiger partial charge in [0.1, 0.15) is 0 Å². The summed E-state index contributed by atoms with van der Waals surface area (Å²) in [6.45, 7) is 0.944. The summed E-state index contributed by atoms with van der Waals surface area (Å²) in [7, 11) is 0. The molecule has 0 radical (unpaired) electrons. The maximum Gasteiger partial charge on any atom is 0.269 e. The van der Waals surface area contributed by atoms with E-state index in [1.165, 1.54) is 18.2 Å². The lowest BCUT2D eigenvalue weighted by Crippen LogP contribution is -2.27. The Balaban J connectivity index is 1.70. The van der Waals surface area contributed by atoms with Crippen molar-refractivity contribution in [1.82, 2.24) is 5.32 Å². The summed E-state index contributed by atoms with van der Waals surface area (Å²) in [5.41, 5.74) is 1.69. The van der Waals surface area contributed by atoms with E-state index < -0.39 is 4.92 Å². The van der Waals surface area contributed by atoms with E-state index in [4.69, 9.17) is 11.6 Å². The number of halogens is 1. The van der Waals surface area contributed by atoms with Gasteiger partial charge in [-0.15, -0.1) is 0 Å². The van der Waals surface area contributed by atoms with Gasteiger partial charge in [-0.2, -0.15) is 0 Å². The van der Waals surface area contributed by atoms with Crippen LogP contribution in [0.3, 0.4) is 0 Å². The summed E-state index contributed by atoms with van der Waals surface area (Å²) in [5.74, 6) is -0.199. The van der Waals surface area contributed by atoms with Gasteiger partial charge in [-0.05, 0) is 35.9 Å². The van der Waals surface area contributed by atoms with Crippen LogP contribution < -0.4 is 10.6 Å². The number of anilines is 1. The molecule has 0 heterocycles. The fourth-order valence-corrected chi connectivity index (χ4v) is 2.02. The first-order valence-corrected chi connectivity index (χ1v) is 7.62. The average molecular weight is 346 g/mol. The maximum absolute atomic E-state index is 11.7. The van der Waals surface area contributed by atoms with E-state index in [2.05, 4.69) is 10.6 Å². The predicted octanol–water partition coefficient (Wildman–Crippen LogP) is 3.49. The lowest BCUT2D eigenvalue weighted by atomic mass is 10.2. The Bertz CT molecular complexity index is 728. The van der Waals surface area contributed by atoms with Gasteiger partial charge in [0, 0.05) is 42.0 Å². The fourth-order valence-electron chi connectivity index (χ4n) is 1.90. The van der Waals surface area contributed by atoms with E-state index in [9.17, 15) is 14.9 Å². The molecule has 0 saturated carbocycles. The number of nitro benzene ring substituents is 1. The summed E-state index contributed by atoms with van der Waals surface area (Å²) < 4.78 is 0. The number of carbonyl (C=O) groups is 1. The van der Waals surface area contributed by atoms with Crippen LogP contribution in [0.1, 0.15) is 5.56 Å². The minimum absolute atomic E-state index is 0.0428. The number of non-ortho nitro benzene ring substituents is 1. The standard InChI is InChI=1S/C17H16ClN3O3/c18-14-4-1-13(2-5-14)3-10-17(22)20-12-11-19-15-6-8-16(9-7-15)21(23)24/h1-10,19H,11-12H2,(H,20,22)/b10-3+. The van der Waals surface area contributed by atoms with Crippen molar-refractivity contribution >= 4 is 35.0 Å². The Labute approximate surface area is 144 Å². The molecule has 1 amide bonds. The van der Waals surface area contributed by atoms with Gasteiger partial charge in [0.15, 0.2) is 0 Å². The van der Waals surface area contributed by atoms with Crippen molar-refractivity contribution in [3.05, 3.63) is 75.3 Å². The molecule has 0 aromatic heterocycles. The van der Waals surface area contributed by atoms with Crippen LogP contribution in [-0.2, 0) is 4.79 Å². The average Bonchev–Trinajstić information content (AvgIpc) is 2.58. The van der Waals surface area contributed by atoms with E-state index >= 15 is 0 Å². The Morgan fingerprint density at radius 3 is 2.38 bits per heavy atom. The summed E-state index contributed by atoms with van der Waals surface area (Å²) in [6.07, 6.45) is 3.16. The second-order valence-electron chi connectivity index (χ2n) is 4.91. The van der Waals surface area contributed by atoms with E-state index in [1.54, 1.807) is 30.3 Å². The molecule has 2 aromatic carbocycles. The molecule has 6 nitrogen and oxygen atoms in total. The van der Waals surface area contributed by atoms with Gasteiger partial charge >= 0.3 is 0 Å². The van der Waals surface area contributed by atoms with Gasteiger partial charge in [-0.3, -0.25) is 14.9 Å². The second kappa shape index (κ2) is 8.69. The van der Waals surface area contributed by atoms with Crippen LogP contribution in [0.4, 0.5) is 11.4 Å². The minimum Gasteiger partial charge on any atom is -0.383 e. The highest BCUT2D eigenvalue weighted by Crippen LogP contribution is 2.14. The number of hydrogen-bond acceptors (Lipinski definition) is 4. The topological polar surface area (TPSA) is 84.3 Å². The number of carbonyl (C=O) groups excluding carboxylic acids is 1. The van der Waals surface area contributed by atoms with Gasteiger partial charge < -0.3 is 10.6 Å². The molecule has 0 spiro atoms.